The second-order valence-electron chi connectivity index (χ2n) is 5.34. The zero-order valence-electron chi connectivity index (χ0n) is 11.5. The molecule has 3 N–H and O–H groups in total. The van der Waals surface area contributed by atoms with Crippen molar-refractivity contribution in [2.24, 2.45) is 5.41 Å². The van der Waals surface area contributed by atoms with Gasteiger partial charge < -0.3 is 20.5 Å². The molecule has 1 fully saturated rings. The fourth-order valence-electron chi connectivity index (χ4n) is 1.79. The molecule has 6 nitrogen and oxygen atoms in total. The Balaban J connectivity index is 2.05. The smallest absolute Gasteiger partial charge is 0.337 e. The zero-order chi connectivity index (χ0) is 14.8. The minimum absolute atomic E-state index is 0.0265. The van der Waals surface area contributed by atoms with E-state index in [1.807, 2.05) is 0 Å². The first kappa shape index (κ1) is 14.2. The molecule has 0 aliphatic heterocycles. The molecule has 0 spiro atoms. The Kier molecular flexibility index (Phi) is 3.83. The van der Waals surface area contributed by atoms with E-state index in [9.17, 15) is 9.59 Å². The van der Waals surface area contributed by atoms with Gasteiger partial charge in [0.05, 0.1) is 18.4 Å². The van der Waals surface area contributed by atoms with Crippen LogP contribution in [0.15, 0.2) is 18.2 Å². The molecule has 0 radical (unpaired) electrons. The van der Waals surface area contributed by atoms with Crippen molar-refractivity contribution in [2.45, 2.75) is 19.8 Å². The quantitative estimate of drug-likeness (QED) is 0.771. The van der Waals surface area contributed by atoms with Crippen LogP contribution >= 0.6 is 0 Å². The first-order valence-corrected chi connectivity index (χ1v) is 6.40. The van der Waals surface area contributed by atoms with Gasteiger partial charge in [-0.3, -0.25) is 0 Å². The lowest BCUT2D eigenvalue weighted by Gasteiger charge is -2.13. The summed E-state index contributed by atoms with van der Waals surface area (Å²) in [6.45, 7) is 2.69. The molecule has 2 rings (SSSR count). The number of hydrogen-bond acceptors (Lipinski definition) is 3. The molecule has 108 valence electrons. The van der Waals surface area contributed by atoms with Gasteiger partial charge in [0.25, 0.3) is 0 Å². The topological polar surface area (TPSA) is 87.7 Å². The molecule has 0 unspecified atom stereocenters. The summed E-state index contributed by atoms with van der Waals surface area (Å²) in [6.07, 6.45) is 2.21. The largest absolute Gasteiger partial charge is 0.497 e. The van der Waals surface area contributed by atoms with Crippen molar-refractivity contribution in [1.29, 1.82) is 0 Å². The van der Waals surface area contributed by atoms with Crippen LogP contribution in [-0.2, 0) is 0 Å². The molecular formula is C14H18N2O4. The number of carbonyl (C=O) groups excluding carboxylic acids is 1. The number of nitrogens with one attached hydrogen (secondary N) is 2. The van der Waals surface area contributed by atoms with Gasteiger partial charge in [-0.05, 0) is 30.4 Å². The highest BCUT2D eigenvalue weighted by Gasteiger charge is 2.37. The van der Waals surface area contributed by atoms with Crippen molar-refractivity contribution in [2.75, 3.05) is 19.0 Å². The van der Waals surface area contributed by atoms with Gasteiger partial charge in [-0.15, -0.1) is 0 Å². The van der Waals surface area contributed by atoms with Crippen LogP contribution in [0.5, 0.6) is 5.75 Å². The Bertz CT molecular complexity index is 538. The van der Waals surface area contributed by atoms with E-state index in [1.165, 1.54) is 25.3 Å². The molecule has 2 amide bonds. The minimum atomic E-state index is -1.10. The van der Waals surface area contributed by atoms with Crippen LogP contribution in [-0.4, -0.2) is 30.8 Å². The zero-order valence-corrected chi connectivity index (χ0v) is 11.5. The normalized spacial score (nSPS) is 15.3. The minimum Gasteiger partial charge on any atom is -0.497 e. The second kappa shape index (κ2) is 5.40. The van der Waals surface area contributed by atoms with E-state index in [0.29, 0.717) is 12.3 Å². The van der Waals surface area contributed by atoms with E-state index in [-0.39, 0.29) is 16.7 Å². The number of amides is 2. The van der Waals surface area contributed by atoms with Crippen LogP contribution in [0.4, 0.5) is 10.5 Å². The predicted molar refractivity (Wildman–Crippen MR) is 74.3 cm³/mol. The first-order valence-electron chi connectivity index (χ1n) is 6.40. The number of aromatic carboxylic acids is 1. The highest BCUT2D eigenvalue weighted by molar-refractivity contribution is 6.00. The molecule has 1 aliphatic carbocycles. The lowest BCUT2D eigenvalue weighted by molar-refractivity contribution is 0.0698. The number of urea groups is 1. The first-order chi connectivity index (χ1) is 9.43. The van der Waals surface area contributed by atoms with Gasteiger partial charge in [-0.1, -0.05) is 6.92 Å². The molecule has 20 heavy (non-hydrogen) atoms. The summed E-state index contributed by atoms with van der Waals surface area (Å²) in [5, 5.41) is 14.4. The molecule has 0 aromatic heterocycles. The molecule has 0 heterocycles. The van der Waals surface area contributed by atoms with Crippen molar-refractivity contribution < 1.29 is 19.4 Å². The summed E-state index contributed by atoms with van der Waals surface area (Å²) in [4.78, 5) is 22.9. The molecule has 0 atom stereocenters. The van der Waals surface area contributed by atoms with Crippen molar-refractivity contribution in [3.05, 3.63) is 23.8 Å². The predicted octanol–water partition coefficient (Wildman–Crippen LogP) is 2.32. The number of rotatable bonds is 5. The Morgan fingerprint density at radius 3 is 2.65 bits per heavy atom. The fourth-order valence-corrected chi connectivity index (χ4v) is 1.79. The molecular weight excluding hydrogens is 260 g/mol. The van der Waals surface area contributed by atoms with E-state index < -0.39 is 12.0 Å². The van der Waals surface area contributed by atoms with Gasteiger partial charge in [0.15, 0.2) is 0 Å². The summed E-state index contributed by atoms with van der Waals surface area (Å²) in [7, 11) is 1.48. The average molecular weight is 278 g/mol. The Labute approximate surface area is 117 Å². The van der Waals surface area contributed by atoms with Gasteiger partial charge in [-0.25, -0.2) is 9.59 Å². The third kappa shape index (κ3) is 3.40. The van der Waals surface area contributed by atoms with Gasteiger partial charge in [0.2, 0.25) is 0 Å². The summed E-state index contributed by atoms with van der Waals surface area (Å²) >= 11 is 0. The maximum Gasteiger partial charge on any atom is 0.337 e. The van der Waals surface area contributed by atoms with Crippen LogP contribution in [0.2, 0.25) is 0 Å². The molecule has 1 aromatic rings. The number of hydrogen-bond donors (Lipinski definition) is 3. The number of carbonyl (C=O) groups is 2. The summed E-state index contributed by atoms with van der Waals surface area (Å²) in [5.74, 6) is -0.614. The van der Waals surface area contributed by atoms with Crippen LogP contribution in [0.25, 0.3) is 0 Å². The lowest BCUT2D eigenvalue weighted by atomic mass is 10.1. The number of anilines is 1. The van der Waals surface area contributed by atoms with Gasteiger partial charge >= 0.3 is 12.0 Å². The Hall–Kier alpha value is -2.24. The monoisotopic (exact) mass is 278 g/mol. The molecule has 1 aromatic carbocycles. The standard InChI is InChI=1S/C14H18N2O4/c1-14(5-6-14)8-15-13(19)16-11-7-9(20-2)3-4-10(11)12(17)18/h3-4,7H,5-6,8H2,1-2H3,(H,17,18)(H2,15,16,19). The number of ether oxygens (including phenoxy) is 1. The molecule has 1 saturated carbocycles. The van der Waals surface area contributed by atoms with Crippen molar-refractivity contribution in [1.82, 2.24) is 5.32 Å². The number of carboxylic acids is 1. The number of methoxy groups -OCH3 is 1. The SMILES string of the molecule is COc1ccc(C(=O)O)c(NC(=O)NCC2(C)CC2)c1. The summed E-state index contributed by atoms with van der Waals surface area (Å²) in [5.41, 5.74) is 0.440. The molecule has 6 heteroatoms. The van der Waals surface area contributed by atoms with Crippen LogP contribution < -0.4 is 15.4 Å². The van der Waals surface area contributed by atoms with Crippen LogP contribution in [0.3, 0.4) is 0 Å². The van der Waals surface area contributed by atoms with E-state index >= 15 is 0 Å². The maximum absolute atomic E-state index is 11.8. The van der Waals surface area contributed by atoms with E-state index in [2.05, 4.69) is 17.6 Å². The number of benzene rings is 1. The van der Waals surface area contributed by atoms with Crippen molar-refractivity contribution in [3.63, 3.8) is 0 Å². The van der Waals surface area contributed by atoms with E-state index in [0.717, 1.165) is 12.8 Å². The van der Waals surface area contributed by atoms with E-state index in [1.54, 1.807) is 0 Å². The van der Waals surface area contributed by atoms with Crippen LogP contribution in [0, 0.1) is 5.41 Å². The second-order valence-corrected chi connectivity index (χ2v) is 5.34. The van der Waals surface area contributed by atoms with Gasteiger partial charge in [0.1, 0.15) is 5.75 Å². The third-order valence-electron chi connectivity index (χ3n) is 3.48. The average Bonchev–Trinajstić information content (AvgIpc) is 3.14. The van der Waals surface area contributed by atoms with Gasteiger partial charge in [-0.2, -0.15) is 0 Å². The highest BCUT2D eigenvalue weighted by Crippen LogP contribution is 2.44. The summed E-state index contributed by atoms with van der Waals surface area (Å²) < 4.78 is 5.03. The lowest BCUT2D eigenvalue weighted by Crippen LogP contribution is -2.33. The Morgan fingerprint density at radius 2 is 2.10 bits per heavy atom. The molecule has 0 saturated heterocycles. The molecule has 0 bridgehead atoms. The van der Waals surface area contributed by atoms with Crippen molar-refractivity contribution >= 4 is 17.7 Å². The van der Waals surface area contributed by atoms with Crippen molar-refractivity contribution in [3.8, 4) is 5.75 Å². The summed E-state index contributed by atoms with van der Waals surface area (Å²) in [6, 6.07) is 4.02. The highest BCUT2D eigenvalue weighted by atomic mass is 16.5. The Morgan fingerprint density at radius 1 is 1.40 bits per heavy atom. The van der Waals surface area contributed by atoms with Gasteiger partial charge in [0, 0.05) is 12.6 Å². The van der Waals surface area contributed by atoms with E-state index in [4.69, 9.17) is 9.84 Å². The number of carboxylic acid groups (broad SMARTS) is 1. The fraction of sp³-hybridized carbons (Fsp3) is 0.429. The maximum atomic E-state index is 11.8. The molecule has 1 aliphatic rings. The third-order valence-corrected chi connectivity index (χ3v) is 3.48. The van der Waals surface area contributed by atoms with Crippen LogP contribution in [0.1, 0.15) is 30.1 Å².